The second kappa shape index (κ2) is 6.78. The fourth-order valence-electron chi connectivity index (χ4n) is 2.64. The normalized spacial score (nSPS) is 17.0. The fourth-order valence-corrected chi connectivity index (χ4v) is 2.64. The highest BCUT2D eigenvalue weighted by Gasteiger charge is 2.17. The molecular weight excluding hydrogens is 226 g/mol. The Kier molecular flexibility index (Phi) is 5.05. The van der Waals surface area contributed by atoms with Crippen molar-refractivity contribution in [2.45, 2.75) is 45.6 Å². The number of hydrogen-bond donors (Lipinski definition) is 1. The third-order valence-corrected chi connectivity index (χ3v) is 3.68. The van der Waals surface area contributed by atoms with Crippen LogP contribution in [0.4, 0.5) is 6.01 Å². The van der Waals surface area contributed by atoms with Crippen molar-refractivity contribution in [1.29, 1.82) is 0 Å². The summed E-state index contributed by atoms with van der Waals surface area (Å²) in [5, 5.41) is 3.26. The maximum atomic E-state index is 5.54. The molecule has 1 aliphatic rings. The van der Waals surface area contributed by atoms with Gasteiger partial charge in [0.2, 0.25) is 0 Å². The van der Waals surface area contributed by atoms with E-state index in [1.54, 1.807) is 6.26 Å². The smallest absolute Gasteiger partial charge is 0.297 e. The molecule has 1 heterocycles. The van der Waals surface area contributed by atoms with E-state index in [0.717, 1.165) is 37.3 Å². The van der Waals surface area contributed by atoms with E-state index < -0.39 is 0 Å². The highest BCUT2D eigenvalue weighted by Crippen LogP contribution is 2.25. The zero-order valence-corrected chi connectivity index (χ0v) is 11.6. The molecule has 1 saturated carbocycles. The molecule has 0 atom stereocenters. The van der Waals surface area contributed by atoms with Crippen LogP contribution in [0.25, 0.3) is 0 Å². The van der Waals surface area contributed by atoms with Crippen molar-refractivity contribution in [2.24, 2.45) is 5.92 Å². The quantitative estimate of drug-likeness (QED) is 0.844. The lowest BCUT2D eigenvalue weighted by Crippen LogP contribution is -2.27. The van der Waals surface area contributed by atoms with Crippen molar-refractivity contribution in [3.63, 3.8) is 0 Å². The molecule has 1 aromatic heterocycles. The zero-order chi connectivity index (χ0) is 12.8. The molecule has 4 nitrogen and oxygen atoms in total. The number of nitrogens with zero attached hydrogens (tertiary/aromatic N) is 2. The molecule has 4 heteroatoms. The number of rotatable bonds is 6. The Bertz CT molecular complexity index is 345. The predicted molar refractivity (Wildman–Crippen MR) is 73.7 cm³/mol. The summed E-state index contributed by atoms with van der Waals surface area (Å²) in [6, 6.07) is 0.758. The molecule has 0 spiro atoms. The first kappa shape index (κ1) is 13.4. The summed E-state index contributed by atoms with van der Waals surface area (Å²) in [7, 11) is 2.08. The van der Waals surface area contributed by atoms with E-state index >= 15 is 0 Å². The number of hydrogen-bond acceptors (Lipinski definition) is 4. The SMILES string of the molecule is CCNCc1coc(N(C)CC2CCCCC2)n1. The Labute approximate surface area is 110 Å². The van der Waals surface area contributed by atoms with Crippen molar-refractivity contribution in [2.75, 3.05) is 25.0 Å². The molecular formula is C14H25N3O. The molecule has 0 amide bonds. The minimum Gasteiger partial charge on any atom is -0.432 e. The second-order valence-corrected chi connectivity index (χ2v) is 5.29. The van der Waals surface area contributed by atoms with Crippen LogP contribution < -0.4 is 10.2 Å². The molecule has 0 bridgehead atoms. The third kappa shape index (κ3) is 3.73. The monoisotopic (exact) mass is 251 g/mol. The number of oxazole rings is 1. The Morgan fingerprint density at radius 1 is 1.39 bits per heavy atom. The average Bonchev–Trinajstić information content (AvgIpc) is 2.86. The van der Waals surface area contributed by atoms with Crippen LogP contribution in [0.3, 0.4) is 0 Å². The number of anilines is 1. The van der Waals surface area contributed by atoms with Crippen LogP contribution in [0, 0.1) is 5.92 Å². The van der Waals surface area contributed by atoms with E-state index in [-0.39, 0.29) is 0 Å². The maximum Gasteiger partial charge on any atom is 0.297 e. The Balaban J connectivity index is 1.83. The van der Waals surface area contributed by atoms with Gasteiger partial charge in [-0.1, -0.05) is 26.2 Å². The maximum absolute atomic E-state index is 5.54. The van der Waals surface area contributed by atoms with Gasteiger partial charge in [0, 0.05) is 20.1 Å². The summed E-state index contributed by atoms with van der Waals surface area (Å²) in [5.41, 5.74) is 0.988. The standard InChI is InChI=1S/C14H25N3O/c1-3-15-9-13-11-18-14(16-13)17(2)10-12-7-5-4-6-8-12/h11-12,15H,3-10H2,1-2H3. The van der Waals surface area contributed by atoms with E-state index in [2.05, 4.69) is 29.2 Å². The van der Waals surface area contributed by atoms with Crippen LogP contribution in [0.1, 0.15) is 44.7 Å². The summed E-state index contributed by atoms with van der Waals surface area (Å²) in [5.74, 6) is 0.813. The first-order valence-electron chi connectivity index (χ1n) is 7.16. The second-order valence-electron chi connectivity index (χ2n) is 5.29. The van der Waals surface area contributed by atoms with Gasteiger partial charge in [-0.15, -0.1) is 0 Å². The Morgan fingerprint density at radius 3 is 2.89 bits per heavy atom. The van der Waals surface area contributed by atoms with Crippen LogP contribution in [0.15, 0.2) is 10.7 Å². The van der Waals surface area contributed by atoms with Crippen LogP contribution in [-0.2, 0) is 6.54 Å². The van der Waals surface area contributed by atoms with Crippen LogP contribution in [0.5, 0.6) is 0 Å². The molecule has 0 radical (unpaired) electrons. The highest BCUT2D eigenvalue weighted by atomic mass is 16.4. The highest BCUT2D eigenvalue weighted by molar-refractivity contribution is 5.25. The molecule has 102 valence electrons. The van der Waals surface area contributed by atoms with Gasteiger partial charge in [0.15, 0.2) is 0 Å². The summed E-state index contributed by atoms with van der Waals surface area (Å²) in [4.78, 5) is 6.67. The molecule has 0 aliphatic heterocycles. The van der Waals surface area contributed by atoms with Crippen molar-refractivity contribution >= 4 is 6.01 Å². The van der Waals surface area contributed by atoms with Gasteiger partial charge in [-0.25, -0.2) is 0 Å². The summed E-state index contributed by atoms with van der Waals surface area (Å²) >= 11 is 0. The van der Waals surface area contributed by atoms with Crippen LogP contribution >= 0.6 is 0 Å². The molecule has 1 aromatic rings. The van der Waals surface area contributed by atoms with Crippen molar-refractivity contribution in [3.8, 4) is 0 Å². The lowest BCUT2D eigenvalue weighted by atomic mass is 9.89. The van der Waals surface area contributed by atoms with E-state index in [1.807, 2.05) is 0 Å². The molecule has 1 aliphatic carbocycles. The summed E-state index contributed by atoms with van der Waals surface area (Å²) in [6.07, 6.45) is 8.65. The van der Waals surface area contributed by atoms with Gasteiger partial charge in [0.05, 0.1) is 5.69 Å². The van der Waals surface area contributed by atoms with Gasteiger partial charge in [-0.05, 0) is 25.3 Å². The van der Waals surface area contributed by atoms with Crippen LogP contribution in [-0.4, -0.2) is 25.1 Å². The average molecular weight is 251 g/mol. The van der Waals surface area contributed by atoms with E-state index in [1.165, 1.54) is 32.1 Å². The van der Waals surface area contributed by atoms with Gasteiger partial charge in [0.25, 0.3) is 6.01 Å². The molecule has 0 unspecified atom stereocenters. The van der Waals surface area contributed by atoms with Crippen molar-refractivity contribution in [1.82, 2.24) is 10.3 Å². The lowest BCUT2D eigenvalue weighted by molar-refractivity contribution is 0.356. The molecule has 2 rings (SSSR count). The van der Waals surface area contributed by atoms with Crippen LogP contribution in [0.2, 0.25) is 0 Å². The first-order chi connectivity index (χ1) is 8.79. The largest absolute Gasteiger partial charge is 0.432 e. The van der Waals surface area contributed by atoms with Gasteiger partial charge in [-0.2, -0.15) is 4.98 Å². The minimum absolute atomic E-state index is 0.758. The number of nitrogens with one attached hydrogen (secondary N) is 1. The summed E-state index contributed by atoms with van der Waals surface area (Å²) < 4.78 is 5.54. The minimum atomic E-state index is 0.758. The molecule has 0 aromatic carbocycles. The Hall–Kier alpha value is -1.03. The lowest BCUT2D eigenvalue weighted by Gasteiger charge is -2.25. The molecule has 1 N–H and O–H groups in total. The van der Waals surface area contributed by atoms with Crippen molar-refractivity contribution in [3.05, 3.63) is 12.0 Å². The topological polar surface area (TPSA) is 41.3 Å². The van der Waals surface area contributed by atoms with Crippen molar-refractivity contribution < 1.29 is 4.42 Å². The summed E-state index contributed by atoms with van der Waals surface area (Å²) in [6.45, 7) is 4.91. The van der Waals surface area contributed by atoms with E-state index in [9.17, 15) is 0 Å². The van der Waals surface area contributed by atoms with E-state index in [0.29, 0.717) is 0 Å². The molecule has 1 fully saturated rings. The third-order valence-electron chi connectivity index (χ3n) is 3.68. The molecule has 0 saturated heterocycles. The zero-order valence-electron chi connectivity index (χ0n) is 11.6. The number of aromatic nitrogens is 1. The van der Waals surface area contributed by atoms with Gasteiger partial charge in [-0.3, -0.25) is 0 Å². The first-order valence-corrected chi connectivity index (χ1v) is 7.16. The van der Waals surface area contributed by atoms with E-state index in [4.69, 9.17) is 4.42 Å². The fraction of sp³-hybridized carbons (Fsp3) is 0.786. The van der Waals surface area contributed by atoms with Gasteiger partial charge in [0.1, 0.15) is 6.26 Å². The predicted octanol–water partition coefficient (Wildman–Crippen LogP) is 2.80. The molecule has 18 heavy (non-hydrogen) atoms. The van der Waals surface area contributed by atoms with Gasteiger partial charge < -0.3 is 14.6 Å². The Morgan fingerprint density at radius 2 is 2.17 bits per heavy atom. The van der Waals surface area contributed by atoms with Gasteiger partial charge >= 0.3 is 0 Å².